The maximum absolute atomic E-state index is 12.7. The van der Waals surface area contributed by atoms with Crippen LogP contribution in [0.25, 0.3) is 21.5 Å². The molecule has 25 heavy (non-hydrogen) atoms. The van der Waals surface area contributed by atoms with Crippen molar-refractivity contribution in [3.8, 4) is 0 Å². The van der Waals surface area contributed by atoms with E-state index in [1.165, 1.54) is 0 Å². The van der Waals surface area contributed by atoms with Gasteiger partial charge < -0.3 is 19.3 Å². The van der Waals surface area contributed by atoms with E-state index in [0.717, 1.165) is 21.5 Å². The van der Waals surface area contributed by atoms with Crippen molar-refractivity contribution in [1.29, 1.82) is 0 Å². The van der Waals surface area contributed by atoms with Gasteiger partial charge in [0.1, 0.15) is 0 Å². The number of rotatable bonds is 7. The highest BCUT2D eigenvalue weighted by atomic mass is 31.2. The fourth-order valence-corrected chi connectivity index (χ4v) is 4.36. The smallest absolute Gasteiger partial charge is 0.361 e. The zero-order chi connectivity index (χ0) is 17.9. The molecule has 0 heterocycles. The highest BCUT2D eigenvalue weighted by Crippen LogP contribution is 2.58. The molecular weight excluding hydrogens is 339 g/mol. The summed E-state index contributed by atoms with van der Waals surface area (Å²) in [4.78, 5) is 10.4. The second kappa shape index (κ2) is 7.65. The molecular formula is C19H21O5P. The largest absolute Gasteiger partial charge is 0.394 e. The SMILES string of the molecule is CCOP(=O)(O)C(OCCO)c1cccc2cc3ccccc3cc12. The summed E-state index contributed by atoms with van der Waals surface area (Å²) in [6, 6.07) is 17.5. The summed E-state index contributed by atoms with van der Waals surface area (Å²) >= 11 is 0. The van der Waals surface area contributed by atoms with E-state index < -0.39 is 13.4 Å². The second-order valence-corrected chi connectivity index (χ2v) is 7.55. The van der Waals surface area contributed by atoms with Gasteiger partial charge in [-0.2, -0.15) is 0 Å². The van der Waals surface area contributed by atoms with E-state index in [1.807, 2.05) is 48.5 Å². The van der Waals surface area contributed by atoms with Crippen LogP contribution in [0.15, 0.2) is 54.6 Å². The third-order valence-electron chi connectivity index (χ3n) is 4.02. The lowest BCUT2D eigenvalue weighted by Gasteiger charge is -2.24. The zero-order valence-corrected chi connectivity index (χ0v) is 14.9. The molecule has 3 aromatic rings. The molecule has 0 aliphatic heterocycles. The average molecular weight is 360 g/mol. The van der Waals surface area contributed by atoms with E-state index in [-0.39, 0.29) is 19.8 Å². The molecule has 0 amide bonds. The van der Waals surface area contributed by atoms with Gasteiger partial charge in [-0.3, -0.25) is 4.57 Å². The molecule has 2 N–H and O–H groups in total. The van der Waals surface area contributed by atoms with Crippen LogP contribution < -0.4 is 0 Å². The molecule has 0 fully saturated rings. The highest BCUT2D eigenvalue weighted by Gasteiger charge is 2.35. The summed E-state index contributed by atoms with van der Waals surface area (Å²) in [7, 11) is -4.05. The van der Waals surface area contributed by atoms with E-state index in [4.69, 9.17) is 14.4 Å². The molecule has 0 saturated carbocycles. The van der Waals surface area contributed by atoms with Crippen molar-refractivity contribution < 1.29 is 23.8 Å². The van der Waals surface area contributed by atoms with E-state index in [1.54, 1.807) is 13.0 Å². The third-order valence-corrected chi connectivity index (χ3v) is 5.67. The van der Waals surface area contributed by atoms with Crippen LogP contribution in [0.1, 0.15) is 18.3 Å². The van der Waals surface area contributed by atoms with Crippen LogP contribution in [0.5, 0.6) is 0 Å². The lowest BCUT2D eigenvalue weighted by atomic mass is 10.00. The van der Waals surface area contributed by atoms with Gasteiger partial charge >= 0.3 is 7.60 Å². The Kier molecular flexibility index (Phi) is 5.52. The first kappa shape index (κ1) is 18.1. The van der Waals surface area contributed by atoms with Crippen molar-refractivity contribution in [2.75, 3.05) is 19.8 Å². The Hall–Kier alpha value is -1.75. The lowest BCUT2D eigenvalue weighted by Crippen LogP contribution is -2.11. The quantitative estimate of drug-likeness (QED) is 0.487. The summed E-state index contributed by atoms with van der Waals surface area (Å²) in [6.07, 6.45) is 0. The molecule has 0 aliphatic rings. The number of hydrogen-bond donors (Lipinski definition) is 2. The predicted molar refractivity (Wildman–Crippen MR) is 98.7 cm³/mol. The zero-order valence-electron chi connectivity index (χ0n) is 14.0. The average Bonchev–Trinajstić information content (AvgIpc) is 2.60. The van der Waals surface area contributed by atoms with Crippen molar-refractivity contribution in [2.24, 2.45) is 0 Å². The Balaban J connectivity index is 2.19. The van der Waals surface area contributed by atoms with Crippen LogP contribution in [-0.2, 0) is 13.8 Å². The van der Waals surface area contributed by atoms with Crippen LogP contribution in [0.3, 0.4) is 0 Å². The first-order valence-corrected chi connectivity index (χ1v) is 9.82. The Morgan fingerprint density at radius 3 is 2.40 bits per heavy atom. The van der Waals surface area contributed by atoms with Crippen LogP contribution in [0.4, 0.5) is 0 Å². The number of benzene rings is 3. The molecule has 0 saturated heterocycles. The van der Waals surface area contributed by atoms with Crippen molar-refractivity contribution >= 4 is 29.1 Å². The summed E-state index contributed by atoms with van der Waals surface area (Å²) in [5.74, 6) is -1.15. The molecule has 5 nitrogen and oxygen atoms in total. The van der Waals surface area contributed by atoms with E-state index in [9.17, 15) is 9.46 Å². The monoisotopic (exact) mass is 360 g/mol. The van der Waals surface area contributed by atoms with Crippen molar-refractivity contribution in [3.63, 3.8) is 0 Å². The molecule has 0 aromatic heterocycles. The molecule has 132 valence electrons. The molecule has 0 spiro atoms. The molecule has 3 rings (SSSR count). The van der Waals surface area contributed by atoms with Gasteiger partial charge in [-0.15, -0.1) is 0 Å². The first-order chi connectivity index (χ1) is 12.1. The minimum absolute atomic E-state index is 0.0493. The molecule has 2 unspecified atom stereocenters. The second-order valence-electron chi connectivity index (χ2n) is 5.70. The molecule has 0 aliphatic carbocycles. The standard InChI is InChI=1S/C19H21O5P/c1-2-24-25(21,22)19(23-11-10-20)17-9-5-8-16-12-14-6-3-4-7-15(14)13-18(16)17/h3-9,12-13,19-20H,2,10-11H2,1H3,(H,21,22). The van der Waals surface area contributed by atoms with Gasteiger partial charge in [-0.1, -0.05) is 42.5 Å². The fraction of sp³-hybridized carbons (Fsp3) is 0.263. The number of hydrogen-bond acceptors (Lipinski definition) is 4. The van der Waals surface area contributed by atoms with E-state index >= 15 is 0 Å². The van der Waals surface area contributed by atoms with Gasteiger partial charge in [0, 0.05) is 5.56 Å². The lowest BCUT2D eigenvalue weighted by molar-refractivity contribution is 0.0523. The fourth-order valence-electron chi connectivity index (χ4n) is 2.98. The van der Waals surface area contributed by atoms with Gasteiger partial charge in [0.05, 0.1) is 19.8 Å². The Bertz CT molecular complexity index is 924. The number of fused-ring (bicyclic) bond motifs is 2. The van der Waals surface area contributed by atoms with E-state index in [2.05, 4.69) is 0 Å². The van der Waals surface area contributed by atoms with Gasteiger partial charge in [0.25, 0.3) is 0 Å². The Morgan fingerprint density at radius 1 is 1.04 bits per heavy atom. The number of ether oxygens (including phenoxy) is 1. The van der Waals surface area contributed by atoms with Crippen molar-refractivity contribution in [2.45, 2.75) is 12.8 Å². The summed E-state index contributed by atoms with van der Waals surface area (Å²) in [5, 5.41) is 13.0. The van der Waals surface area contributed by atoms with E-state index in [0.29, 0.717) is 5.56 Å². The van der Waals surface area contributed by atoms with Gasteiger partial charge in [0.15, 0.2) is 5.85 Å². The van der Waals surface area contributed by atoms with Gasteiger partial charge in [-0.25, -0.2) is 0 Å². The van der Waals surface area contributed by atoms with Crippen LogP contribution in [0.2, 0.25) is 0 Å². The molecule has 0 bridgehead atoms. The molecule has 2 atom stereocenters. The first-order valence-electron chi connectivity index (χ1n) is 8.17. The topological polar surface area (TPSA) is 76.0 Å². The highest BCUT2D eigenvalue weighted by molar-refractivity contribution is 7.53. The number of aliphatic hydroxyl groups excluding tert-OH is 1. The Morgan fingerprint density at radius 2 is 1.72 bits per heavy atom. The van der Waals surface area contributed by atoms with Crippen molar-refractivity contribution in [3.05, 3.63) is 60.2 Å². The van der Waals surface area contributed by atoms with Crippen LogP contribution in [-0.4, -0.2) is 29.8 Å². The van der Waals surface area contributed by atoms with Crippen LogP contribution >= 0.6 is 7.60 Å². The molecule has 6 heteroatoms. The minimum Gasteiger partial charge on any atom is -0.394 e. The maximum atomic E-state index is 12.7. The normalized spacial score (nSPS) is 15.3. The summed E-state index contributed by atoms with van der Waals surface area (Å²) < 4.78 is 23.3. The summed E-state index contributed by atoms with van der Waals surface area (Å²) in [6.45, 7) is 1.46. The predicted octanol–water partition coefficient (Wildman–Crippen LogP) is 4.22. The Labute approximate surface area is 146 Å². The van der Waals surface area contributed by atoms with Gasteiger partial charge in [-0.05, 0) is 40.6 Å². The maximum Gasteiger partial charge on any atom is 0.361 e. The van der Waals surface area contributed by atoms with Crippen LogP contribution in [0, 0.1) is 0 Å². The third kappa shape index (κ3) is 3.76. The molecule has 3 aromatic carbocycles. The van der Waals surface area contributed by atoms with Crippen molar-refractivity contribution in [1.82, 2.24) is 0 Å². The minimum atomic E-state index is -4.05. The molecule has 0 radical (unpaired) electrons. The summed E-state index contributed by atoms with van der Waals surface area (Å²) in [5.41, 5.74) is 0.580. The van der Waals surface area contributed by atoms with Gasteiger partial charge in [0.2, 0.25) is 0 Å². The number of aliphatic hydroxyl groups is 1.